The van der Waals surface area contributed by atoms with Crippen LogP contribution in [0.2, 0.25) is 0 Å². The van der Waals surface area contributed by atoms with E-state index in [2.05, 4.69) is 10.2 Å². The van der Waals surface area contributed by atoms with Crippen molar-refractivity contribution >= 4 is 11.5 Å². The van der Waals surface area contributed by atoms with Crippen LogP contribution in [0.1, 0.15) is 17.3 Å². The number of rotatable bonds is 5. The SMILES string of the molecule is CC(=O)c1c(F)cccc1NCCN1CCOCC1. The standard InChI is InChI=1S/C14H19FN2O2/c1-11(18)14-12(15)3-2-4-13(14)16-5-6-17-7-9-19-10-8-17/h2-4,16H,5-10H2,1H3. The Bertz CT molecular complexity index is 445. The van der Waals surface area contributed by atoms with Crippen LogP contribution in [0.15, 0.2) is 18.2 Å². The summed E-state index contributed by atoms with van der Waals surface area (Å²) in [6, 6.07) is 4.65. The van der Waals surface area contributed by atoms with E-state index in [1.807, 2.05) is 0 Å². The molecule has 0 radical (unpaired) electrons. The Morgan fingerprint density at radius 3 is 2.84 bits per heavy atom. The van der Waals surface area contributed by atoms with Crippen molar-refractivity contribution in [3.8, 4) is 0 Å². The second-order valence-corrected chi connectivity index (χ2v) is 4.60. The number of hydrogen-bond donors (Lipinski definition) is 1. The van der Waals surface area contributed by atoms with E-state index < -0.39 is 5.82 Å². The molecule has 0 saturated carbocycles. The molecule has 0 spiro atoms. The molecule has 2 rings (SSSR count). The highest BCUT2D eigenvalue weighted by Gasteiger charge is 2.13. The maximum atomic E-state index is 13.6. The molecule has 1 aliphatic heterocycles. The largest absolute Gasteiger partial charge is 0.383 e. The second-order valence-electron chi connectivity index (χ2n) is 4.60. The number of ketones is 1. The van der Waals surface area contributed by atoms with Crippen molar-refractivity contribution in [1.82, 2.24) is 4.90 Å². The fourth-order valence-corrected chi connectivity index (χ4v) is 2.20. The van der Waals surface area contributed by atoms with E-state index in [1.165, 1.54) is 13.0 Å². The lowest BCUT2D eigenvalue weighted by atomic mass is 10.1. The summed E-state index contributed by atoms with van der Waals surface area (Å²) in [6.07, 6.45) is 0. The summed E-state index contributed by atoms with van der Waals surface area (Å²) in [4.78, 5) is 13.7. The molecule has 5 heteroatoms. The molecule has 19 heavy (non-hydrogen) atoms. The van der Waals surface area contributed by atoms with E-state index in [0.29, 0.717) is 12.2 Å². The number of carbonyl (C=O) groups is 1. The van der Waals surface area contributed by atoms with Gasteiger partial charge in [-0.3, -0.25) is 9.69 Å². The third-order valence-electron chi connectivity index (χ3n) is 3.21. The highest BCUT2D eigenvalue weighted by atomic mass is 19.1. The van der Waals surface area contributed by atoms with Crippen molar-refractivity contribution in [2.45, 2.75) is 6.92 Å². The number of morpholine rings is 1. The zero-order valence-electron chi connectivity index (χ0n) is 11.1. The molecule has 0 unspecified atom stereocenters. The van der Waals surface area contributed by atoms with Crippen molar-refractivity contribution < 1.29 is 13.9 Å². The lowest BCUT2D eigenvalue weighted by Crippen LogP contribution is -2.39. The average Bonchev–Trinajstić information content (AvgIpc) is 2.39. The van der Waals surface area contributed by atoms with E-state index in [4.69, 9.17) is 4.74 Å². The Labute approximate surface area is 112 Å². The minimum Gasteiger partial charge on any atom is -0.383 e. The van der Waals surface area contributed by atoms with Gasteiger partial charge in [-0.2, -0.15) is 0 Å². The van der Waals surface area contributed by atoms with Crippen molar-refractivity contribution in [3.05, 3.63) is 29.6 Å². The van der Waals surface area contributed by atoms with Gasteiger partial charge in [-0.15, -0.1) is 0 Å². The molecule has 1 aromatic carbocycles. The van der Waals surface area contributed by atoms with Crippen LogP contribution in [0.5, 0.6) is 0 Å². The molecule has 1 aromatic rings. The number of nitrogens with zero attached hydrogens (tertiary/aromatic N) is 1. The summed E-state index contributed by atoms with van der Waals surface area (Å²) in [6.45, 7) is 6.29. The summed E-state index contributed by atoms with van der Waals surface area (Å²) < 4.78 is 18.9. The summed E-state index contributed by atoms with van der Waals surface area (Å²) in [7, 11) is 0. The van der Waals surface area contributed by atoms with Crippen molar-refractivity contribution in [2.75, 3.05) is 44.7 Å². The maximum Gasteiger partial charge on any atom is 0.164 e. The first-order valence-electron chi connectivity index (χ1n) is 6.52. The first-order chi connectivity index (χ1) is 9.18. The zero-order chi connectivity index (χ0) is 13.7. The van der Waals surface area contributed by atoms with Crippen LogP contribution in [0.3, 0.4) is 0 Å². The fourth-order valence-electron chi connectivity index (χ4n) is 2.20. The Hall–Kier alpha value is -1.46. The predicted molar refractivity (Wildman–Crippen MR) is 72.2 cm³/mol. The predicted octanol–water partition coefficient (Wildman–Crippen LogP) is 1.77. The number of Topliss-reactive ketones (excluding diaryl/α,β-unsaturated/α-hetero) is 1. The van der Waals surface area contributed by atoms with Crippen LogP contribution < -0.4 is 5.32 Å². The van der Waals surface area contributed by atoms with E-state index in [1.54, 1.807) is 12.1 Å². The van der Waals surface area contributed by atoms with Crippen LogP contribution >= 0.6 is 0 Å². The number of anilines is 1. The molecule has 104 valence electrons. The van der Waals surface area contributed by atoms with E-state index in [9.17, 15) is 9.18 Å². The van der Waals surface area contributed by atoms with Gasteiger partial charge in [0, 0.05) is 31.9 Å². The van der Waals surface area contributed by atoms with Gasteiger partial charge >= 0.3 is 0 Å². The van der Waals surface area contributed by atoms with Crippen molar-refractivity contribution in [2.24, 2.45) is 0 Å². The molecule has 0 bridgehead atoms. The van der Waals surface area contributed by atoms with Gasteiger partial charge in [0.25, 0.3) is 0 Å². The second kappa shape index (κ2) is 6.63. The molecule has 1 heterocycles. The summed E-state index contributed by atoms with van der Waals surface area (Å²) in [5.41, 5.74) is 0.713. The first-order valence-corrected chi connectivity index (χ1v) is 6.52. The van der Waals surface area contributed by atoms with Crippen LogP contribution in [-0.2, 0) is 4.74 Å². The molecular weight excluding hydrogens is 247 g/mol. The fraction of sp³-hybridized carbons (Fsp3) is 0.500. The van der Waals surface area contributed by atoms with Gasteiger partial charge in [-0.05, 0) is 19.1 Å². The van der Waals surface area contributed by atoms with E-state index >= 15 is 0 Å². The van der Waals surface area contributed by atoms with Crippen molar-refractivity contribution in [3.63, 3.8) is 0 Å². The zero-order valence-corrected chi connectivity index (χ0v) is 11.1. The van der Waals surface area contributed by atoms with Crippen molar-refractivity contribution in [1.29, 1.82) is 0 Å². The minimum atomic E-state index is -0.469. The molecule has 1 saturated heterocycles. The van der Waals surface area contributed by atoms with E-state index in [-0.39, 0.29) is 11.3 Å². The molecule has 4 nitrogen and oxygen atoms in total. The van der Waals surface area contributed by atoms with E-state index in [0.717, 1.165) is 32.8 Å². The smallest absolute Gasteiger partial charge is 0.164 e. The van der Waals surface area contributed by atoms with Gasteiger partial charge in [0.15, 0.2) is 5.78 Å². The highest BCUT2D eigenvalue weighted by molar-refractivity contribution is 5.99. The molecule has 0 aliphatic carbocycles. The lowest BCUT2D eigenvalue weighted by Gasteiger charge is -2.26. The Balaban J connectivity index is 1.92. The number of carbonyl (C=O) groups excluding carboxylic acids is 1. The molecule has 1 fully saturated rings. The summed E-state index contributed by atoms with van der Waals surface area (Å²) in [5, 5.41) is 3.14. The third kappa shape index (κ3) is 3.75. The van der Waals surface area contributed by atoms with Gasteiger partial charge in [-0.1, -0.05) is 6.07 Å². The molecular formula is C14H19FN2O2. The Morgan fingerprint density at radius 2 is 2.16 bits per heavy atom. The Morgan fingerprint density at radius 1 is 1.42 bits per heavy atom. The lowest BCUT2D eigenvalue weighted by molar-refractivity contribution is 0.0398. The third-order valence-corrected chi connectivity index (χ3v) is 3.21. The highest BCUT2D eigenvalue weighted by Crippen LogP contribution is 2.19. The average molecular weight is 266 g/mol. The van der Waals surface area contributed by atoms with Crippen LogP contribution in [0.4, 0.5) is 10.1 Å². The Kier molecular flexibility index (Phi) is 4.87. The molecule has 0 aromatic heterocycles. The van der Waals surface area contributed by atoms with Gasteiger partial charge in [0.2, 0.25) is 0 Å². The minimum absolute atomic E-state index is 0.143. The van der Waals surface area contributed by atoms with Gasteiger partial charge in [-0.25, -0.2) is 4.39 Å². The number of benzene rings is 1. The maximum absolute atomic E-state index is 13.6. The van der Waals surface area contributed by atoms with Crippen LogP contribution in [-0.4, -0.2) is 50.1 Å². The molecule has 1 N–H and O–H groups in total. The van der Waals surface area contributed by atoms with Crippen LogP contribution in [0, 0.1) is 5.82 Å². The number of ether oxygens (including phenoxy) is 1. The molecule has 0 atom stereocenters. The van der Waals surface area contributed by atoms with Gasteiger partial charge in [0.1, 0.15) is 5.82 Å². The number of halogens is 1. The normalized spacial score (nSPS) is 16.3. The first kappa shape index (κ1) is 14.0. The quantitative estimate of drug-likeness (QED) is 0.825. The summed E-state index contributed by atoms with van der Waals surface area (Å²) >= 11 is 0. The number of hydrogen-bond acceptors (Lipinski definition) is 4. The summed E-state index contributed by atoms with van der Waals surface area (Å²) in [5.74, 6) is -0.726. The molecule has 0 amide bonds. The van der Waals surface area contributed by atoms with Crippen LogP contribution in [0.25, 0.3) is 0 Å². The molecule has 1 aliphatic rings. The topological polar surface area (TPSA) is 41.6 Å². The van der Waals surface area contributed by atoms with Gasteiger partial charge in [0.05, 0.1) is 18.8 Å². The monoisotopic (exact) mass is 266 g/mol. The van der Waals surface area contributed by atoms with Gasteiger partial charge < -0.3 is 10.1 Å². The number of nitrogens with one attached hydrogen (secondary N) is 1.